The summed E-state index contributed by atoms with van der Waals surface area (Å²) in [5.74, 6) is 0.230. The molecular weight excluding hydrogens is 314 g/mol. The van der Waals surface area contributed by atoms with E-state index in [9.17, 15) is 18.5 Å². The maximum Gasteiger partial charge on any atom is 0.304 e. The third kappa shape index (κ3) is 4.14. The average Bonchev–Trinajstić information content (AvgIpc) is 2.83. The van der Waals surface area contributed by atoms with Gasteiger partial charge in [0.25, 0.3) is 10.0 Å². The lowest BCUT2D eigenvalue weighted by molar-refractivity contribution is -0.383. The second-order valence-electron chi connectivity index (χ2n) is 4.87. The number of hydrogen-bond acceptors (Lipinski definition) is 6. The van der Waals surface area contributed by atoms with E-state index in [0.29, 0.717) is 13.1 Å². The quantitative estimate of drug-likeness (QED) is 0.582. The molecular formula is C12H21N3O4S2. The summed E-state index contributed by atoms with van der Waals surface area (Å²) < 4.78 is 26.2. The van der Waals surface area contributed by atoms with Crippen LogP contribution in [0.25, 0.3) is 0 Å². The summed E-state index contributed by atoms with van der Waals surface area (Å²) in [5.41, 5.74) is -0.197. The maximum absolute atomic E-state index is 12.5. The molecule has 0 amide bonds. The van der Waals surface area contributed by atoms with Crippen molar-refractivity contribution in [1.82, 2.24) is 4.31 Å². The first-order valence-corrected chi connectivity index (χ1v) is 8.98. The normalized spacial score (nSPS) is 13.4. The van der Waals surface area contributed by atoms with Crippen LogP contribution < -0.4 is 5.32 Å². The summed E-state index contributed by atoms with van der Waals surface area (Å²) in [6, 6.07) is 1.13. The molecule has 1 atom stereocenters. The molecule has 1 unspecified atom stereocenters. The number of nitrogens with zero attached hydrogens (tertiary/aromatic N) is 2. The molecule has 0 radical (unpaired) electrons. The van der Waals surface area contributed by atoms with Crippen molar-refractivity contribution in [2.24, 2.45) is 5.92 Å². The van der Waals surface area contributed by atoms with E-state index in [1.807, 2.05) is 13.8 Å². The molecule has 21 heavy (non-hydrogen) atoms. The van der Waals surface area contributed by atoms with Crippen molar-refractivity contribution in [3.05, 3.63) is 16.2 Å². The van der Waals surface area contributed by atoms with E-state index in [-0.39, 0.29) is 20.8 Å². The zero-order valence-corrected chi connectivity index (χ0v) is 14.3. The predicted octanol–water partition coefficient (Wildman–Crippen LogP) is 2.75. The molecule has 1 heterocycles. The third-order valence-electron chi connectivity index (χ3n) is 3.15. The molecule has 0 aromatic carbocycles. The molecule has 0 spiro atoms. The number of nitro groups is 1. The summed E-state index contributed by atoms with van der Waals surface area (Å²) >= 11 is 0.900. The Labute approximate surface area is 129 Å². The van der Waals surface area contributed by atoms with E-state index in [1.165, 1.54) is 11.4 Å². The zero-order valence-electron chi connectivity index (χ0n) is 12.6. The van der Waals surface area contributed by atoms with E-state index in [2.05, 4.69) is 5.32 Å². The van der Waals surface area contributed by atoms with Gasteiger partial charge in [0.05, 0.1) is 4.92 Å². The highest BCUT2D eigenvalue weighted by atomic mass is 32.2. The molecule has 0 saturated carbocycles. The number of rotatable bonds is 8. The van der Waals surface area contributed by atoms with E-state index >= 15 is 0 Å². The SMILES string of the molecule is CCNc1sc(S(=O)(=O)N(C)CC(C)CC)cc1[N+](=O)[O-]. The fraction of sp³-hybridized carbons (Fsp3) is 0.667. The molecule has 7 nitrogen and oxygen atoms in total. The van der Waals surface area contributed by atoms with Crippen LogP contribution in [0.3, 0.4) is 0 Å². The highest BCUT2D eigenvalue weighted by Crippen LogP contribution is 2.38. The highest BCUT2D eigenvalue weighted by molar-refractivity contribution is 7.91. The highest BCUT2D eigenvalue weighted by Gasteiger charge is 2.29. The van der Waals surface area contributed by atoms with Gasteiger partial charge in [-0.1, -0.05) is 31.6 Å². The number of hydrogen-bond donors (Lipinski definition) is 1. The van der Waals surface area contributed by atoms with Gasteiger partial charge in [-0.05, 0) is 12.8 Å². The van der Waals surface area contributed by atoms with Crippen LogP contribution in [0.15, 0.2) is 10.3 Å². The van der Waals surface area contributed by atoms with Gasteiger partial charge in [0.15, 0.2) is 5.00 Å². The van der Waals surface area contributed by atoms with Gasteiger partial charge in [-0.3, -0.25) is 10.1 Å². The summed E-state index contributed by atoms with van der Waals surface area (Å²) in [7, 11) is -2.19. The molecule has 0 aliphatic heterocycles. The zero-order chi connectivity index (χ0) is 16.2. The number of thiophene rings is 1. The van der Waals surface area contributed by atoms with Gasteiger partial charge in [0.2, 0.25) is 0 Å². The summed E-state index contributed by atoms with van der Waals surface area (Å²) in [5, 5.41) is 14.1. The Balaban J connectivity index is 3.14. The number of nitrogens with one attached hydrogen (secondary N) is 1. The molecule has 1 aromatic rings. The number of sulfonamides is 1. The van der Waals surface area contributed by atoms with Gasteiger partial charge < -0.3 is 5.32 Å². The van der Waals surface area contributed by atoms with Crippen LogP contribution in [0.5, 0.6) is 0 Å². The van der Waals surface area contributed by atoms with Gasteiger partial charge in [0, 0.05) is 26.2 Å². The Bertz CT molecular complexity index is 598. The smallest absolute Gasteiger partial charge is 0.304 e. The van der Waals surface area contributed by atoms with Crippen molar-refractivity contribution >= 4 is 32.0 Å². The maximum atomic E-state index is 12.5. The standard InChI is InChI=1S/C12H21N3O4S2/c1-5-9(3)8-14(4)21(18,19)11-7-10(15(16)17)12(20-11)13-6-2/h7,9,13H,5-6,8H2,1-4H3. The van der Waals surface area contributed by atoms with Crippen LogP contribution in [0.2, 0.25) is 0 Å². The Morgan fingerprint density at radius 1 is 1.48 bits per heavy atom. The van der Waals surface area contributed by atoms with Crippen LogP contribution in [0, 0.1) is 16.0 Å². The lowest BCUT2D eigenvalue weighted by Gasteiger charge is -2.19. The van der Waals surface area contributed by atoms with Gasteiger partial charge in [0.1, 0.15) is 4.21 Å². The third-order valence-corrected chi connectivity index (χ3v) is 6.51. The van der Waals surface area contributed by atoms with E-state index in [0.717, 1.165) is 23.8 Å². The van der Waals surface area contributed by atoms with Crippen LogP contribution in [0.1, 0.15) is 27.2 Å². The Kier molecular flexibility index (Phi) is 6.11. The number of anilines is 1. The molecule has 0 bridgehead atoms. The van der Waals surface area contributed by atoms with Crippen LogP contribution in [-0.4, -0.2) is 37.8 Å². The minimum Gasteiger partial charge on any atom is -0.372 e. The molecule has 0 aliphatic rings. The van der Waals surface area contributed by atoms with Crippen LogP contribution >= 0.6 is 11.3 Å². The minimum atomic E-state index is -3.69. The van der Waals surface area contributed by atoms with Gasteiger partial charge in [-0.25, -0.2) is 8.42 Å². The van der Waals surface area contributed by atoms with E-state index in [4.69, 9.17) is 0 Å². The minimum absolute atomic E-state index is 0.00375. The van der Waals surface area contributed by atoms with Crippen molar-refractivity contribution in [2.45, 2.75) is 31.4 Å². The van der Waals surface area contributed by atoms with Crippen molar-refractivity contribution in [3.8, 4) is 0 Å². The summed E-state index contributed by atoms with van der Waals surface area (Å²) in [4.78, 5) is 10.4. The summed E-state index contributed by atoms with van der Waals surface area (Å²) in [6.45, 7) is 6.63. The topological polar surface area (TPSA) is 92.6 Å². The Morgan fingerprint density at radius 2 is 2.10 bits per heavy atom. The first-order chi connectivity index (χ1) is 9.73. The van der Waals surface area contributed by atoms with Gasteiger partial charge in [-0.2, -0.15) is 4.31 Å². The molecule has 0 saturated heterocycles. The van der Waals surface area contributed by atoms with E-state index in [1.54, 1.807) is 6.92 Å². The Hall–Kier alpha value is -1.19. The first-order valence-electron chi connectivity index (χ1n) is 6.72. The predicted molar refractivity (Wildman–Crippen MR) is 84.4 cm³/mol. The lowest BCUT2D eigenvalue weighted by atomic mass is 10.1. The molecule has 120 valence electrons. The van der Waals surface area contributed by atoms with Crippen molar-refractivity contribution in [3.63, 3.8) is 0 Å². The second kappa shape index (κ2) is 7.19. The van der Waals surface area contributed by atoms with Crippen molar-refractivity contribution in [1.29, 1.82) is 0 Å². The van der Waals surface area contributed by atoms with Crippen LogP contribution in [-0.2, 0) is 10.0 Å². The van der Waals surface area contributed by atoms with Gasteiger partial charge in [-0.15, -0.1) is 0 Å². The van der Waals surface area contributed by atoms with Crippen molar-refractivity contribution in [2.75, 3.05) is 25.5 Å². The largest absolute Gasteiger partial charge is 0.372 e. The van der Waals surface area contributed by atoms with Gasteiger partial charge >= 0.3 is 5.69 Å². The molecule has 0 fully saturated rings. The molecule has 1 rings (SSSR count). The molecule has 9 heteroatoms. The summed E-state index contributed by atoms with van der Waals surface area (Å²) in [6.07, 6.45) is 0.868. The first kappa shape index (κ1) is 17.9. The molecule has 1 N–H and O–H groups in total. The Morgan fingerprint density at radius 3 is 2.57 bits per heavy atom. The van der Waals surface area contributed by atoms with Crippen molar-refractivity contribution < 1.29 is 13.3 Å². The average molecular weight is 335 g/mol. The molecule has 0 aliphatic carbocycles. The monoisotopic (exact) mass is 335 g/mol. The fourth-order valence-corrected chi connectivity index (χ4v) is 4.63. The fourth-order valence-electron chi connectivity index (χ4n) is 1.73. The molecule has 1 aromatic heterocycles. The van der Waals surface area contributed by atoms with E-state index < -0.39 is 14.9 Å². The lowest BCUT2D eigenvalue weighted by Crippen LogP contribution is -2.30. The van der Waals surface area contributed by atoms with Crippen LogP contribution in [0.4, 0.5) is 10.7 Å². The second-order valence-corrected chi connectivity index (χ2v) is 8.19.